The Kier molecular flexibility index (Phi) is 7.28. The van der Waals surface area contributed by atoms with E-state index in [2.05, 4.69) is 25.9 Å². The van der Waals surface area contributed by atoms with Crippen LogP contribution in [0.1, 0.15) is 31.1 Å². The average Bonchev–Trinajstić information content (AvgIpc) is 2.91. The topological polar surface area (TPSA) is 262 Å². The van der Waals surface area contributed by atoms with E-state index in [1.165, 1.54) is 24.3 Å². The van der Waals surface area contributed by atoms with Gasteiger partial charge >= 0.3 is 11.4 Å². The number of anilines is 3. The van der Waals surface area contributed by atoms with Crippen molar-refractivity contribution in [1.82, 2.24) is 19.9 Å². The summed E-state index contributed by atoms with van der Waals surface area (Å²) in [4.78, 5) is 103. The molecule has 4 aromatic rings. The van der Waals surface area contributed by atoms with Gasteiger partial charge in [0.1, 0.15) is 11.4 Å². The minimum absolute atomic E-state index is 0.0194. The summed E-state index contributed by atoms with van der Waals surface area (Å²) in [6.45, 7) is 0. The zero-order valence-corrected chi connectivity index (χ0v) is 19.8. The Labute approximate surface area is 219 Å². The molecule has 0 atom stereocenters. The van der Waals surface area contributed by atoms with Crippen LogP contribution >= 0.6 is 0 Å². The van der Waals surface area contributed by atoms with Gasteiger partial charge < -0.3 is 25.9 Å². The third-order valence-corrected chi connectivity index (χ3v) is 5.19. The Balaban J connectivity index is 1.68. The second kappa shape index (κ2) is 10.9. The molecule has 0 aliphatic carbocycles. The second-order valence-corrected chi connectivity index (χ2v) is 7.94. The van der Waals surface area contributed by atoms with Crippen molar-refractivity contribution < 1.29 is 19.3 Å². The van der Waals surface area contributed by atoms with Crippen molar-refractivity contribution in [3.8, 4) is 0 Å². The molecule has 0 saturated heterocycles. The molecule has 0 fully saturated rings. The van der Waals surface area contributed by atoms with E-state index in [0.29, 0.717) is 0 Å². The van der Waals surface area contributed by atoms with Crippen molar-refractivity contribution in [2.24, 2.45) is 0 Å². The molecule has 202 valence electrons. The van der Waals surface area contributed by atoms with Gasteiger partial charge in [-0.15, -0.1) is 0 Å². The van der Waals surface area contributed by atoms with Crippen LogP contribution in [-0.2, 0) is 0 Å². The van der Waals surface area contributed by atoms with Crippen LogP contribution in [0.3, 0.4) is 0 Å². The highest BCUT2D eigenvalue weighted by Gasteiger charge is 2.18. The van der Waals surface area contributed by atoms with Crippen molar-refractivity contribution in [2.75, 3.05) is 16.0 Å². The van der Waals surface area contributed by atoms with Crippen LogP contribution in [-0.4, -0.2) is 42.6 Å². The summed E-state index contributed by atoms with van der Waals surface area (Å²) < 4.78 is 0. The van der Waals surface area contributed by atoms with E-state index in [4.69, 9.17) is 0 Å². The summed E-state index contributed by atoms with van der Waals surface area (Å²) in [5.41, 5.74) is -4.84. The Morgan fingerprint density at radius 2 is 1.10 bits per heavy atom. The highest BCUT2D eigenvalue weighted by atomic mass is 16.6. The summed E-state index contributed by atoms with van der Waals surface area (Å²) in [6, 6.07) is 8.05. The number of nitrogens with one attached hydrogen (secondary N) is 7. The van der Waals surface area contributed by atoms with Crippen LogP contribution < -0.4 is 38.4 Å². The van der Waals surface area contributed by atoms with Gasteiger partial charge in [0.2, 0.25) is 0 Å². The lowest BCUT2D eigenvalue weighted by Gasteiger charge is -2.12. The lowest BCUT2D eigenvalue weighted by atomic mass is 10.1. The molecular weight excluding hydrogens is 532 g/mol. The maximum Gasteiger partial charge on any atom is 0.325 e. The Hall–Kier alpha value is -6.39. The minimum Gasteiger partial charge on any atom is -0.322 e. The van der Waals surface area contributed by atoms with Crippen LogP contribution in [0.5, 0.6) is 0 Å². The van der Waals surface area contributed by atoms with E-state index in [9.17, 15) is 43.7 Å². The zero-order valence-electron chi connectivity index (χ0n) is 19.8. The number of aromatic amines is 4. The lowest BCUT2D eigenvalue weighted by Crippen LogP contribution is -2.27. The molecule has 0 unspecified atom stereocenters. The largest absolute Gasteiger partial charge is 0.325 e. The molecule has 40 heavy (non-hydrogen) atoms. The molecular formula is C23H16N8O9. The normalized spacial score (nSPS) is 10.4. The lowest BCUT2D eigenvalue weighted by molar-refractivity contribution is -0.384. The van der Waals surface area contributed by atoms with Crippen molar-refractivity contribution in [2.45, 2.75) is 0 Å². The molecule has 17 heteroatoms. The number of carbonyl (C=O) groups excluding carboxylic acids is 3. The van der Waals surface area contributed by atoms with Gasteiger partial charge in [-0.3, -0.25) is 44.1 Å². The van der Waals surface area contributed by atoms with Crippen LogP contribution in [0.15, 0.2) is 74.0 Å². The number of carbonyl (C=O) groups is 3. The van der Waals surface area contributed by atoms with Gasteiger partial charge in [-0.2, -0.15) is 0 Å². The number of hydrogen-bond donors (Lipinski definition) is 7. The molecule has 7 N–H and O–H groups in total. The first kappa shape index (κ1) is 26.7. The predicted octanol–water partition coefficient (Wildman–Crippen LogP) is 0.105. The molecule has 17 nitrogen and oxygen atoms in total. The van der Waals surface area contributed by atoms with Gasteiger partial charge in [0.15, 0.2) is 0 Å². The maximum absolute atomic E-state index is 12.9. The van der Waals surface area contributed by atoms with Crippen molar-refractivity contribution in [3.63, 3.8) is 0 Å². The maximum atomic E-state index is 12.9. The van der Waals surface area contributed by atoms with Crippen molar-refractivity contribution in [1.29, 1.82) is 0 Å². The van der Waals surface area contributed by atoms with Gasteiger partial charge in [-0.05, 0) is 30.3 Å². The highest BCUT2D eigenvalue weighted by Crippen LogP contribution is 2.19. The van der Waals surface area contributed by atoms with Crippen molar-refractivity contribution >= 4 is 40.5 Å². The quantitative estimate of drug-likeness (QED) is 0.122. The first-order valence-electron chi connectivity index (χ1n) is 11.0. The standard InChI is InChI=1S/C23H16N8O9/c32-17(10-1-3-14(4-2-10)31(39)40)26-13-6-11(18(33)27-15-8-24-22(37)29-20(15)35)5-12(7-13)19(34)28-16-9-25-23(38)30-21(16)36/h1-9H,(H,26,32)(H,27,33)(H,28,34)(H2,24,29,35,37)(H2,25,30,36,38). The number of nitrogens with zero attached hydrogens (tertiary/aromatic N) is 1. The number of nitro benzene ring substituents is 1. The Morgan fingerprint density at radius 3 is 1.52 bits per heavy atom. The second-order valence-electron chi connectivity index (χ2n) is 7.94. The zero-order chi connectivity index (χ0) is 29.0. The molecule has 0 bridgehead atoms. The van der Waals surface area contributed by atoms with Crippen LogP contribution in [0.2, 0.25) is 0 Å². The van der Waals surface area contributed by atoms with E-state index in [-0.39, 0.29) is 39.4 Å². The van der Waals surface area contributed by atoms with E-state index in [1.807, 2.05) is 9.97 Å². The highest BCUT2D eigenvalue weighted by molar-refractivity contribution is 6.11. The summed E-state index contributed by atoms with van der Waals surface area (Å²) in [5, 5.41) is 17.8. The van der Waals surface area contributed by atoms with E-state index in [1.54, 1.807) is 0 Å². The number of nitro groups is 1. The fourth-order valence-corrected chi connectivity index (χ4v) is 3.29. The number of rotatable bonds is 7. The SMILES string of the molecule is O=C(Nc1cc(C(=O)Nc2c[nH]c(=O)[nH]c2=O)cc(C(=O)Nc2c[nH]c(=O)[nH]c2=O)c1)c1ccc([N+](=O)[O-])cc1. The van der Waals surface area contributed by atoms with Crippen LogP contribution in [0, 0.1) is 10.1 Å². The van der Waals surface area contributed by atoms with E-state index >= 15 is 0 Å². The number of H-pyrrole nitrogens is 4. The summed E-state index contributed by atoms with van der Waals surface area (Å²) in [5.74, 6) is -2.58. The third-order valence-electron chi connectivity index (χ3n) is 5.19. The molecule has 0 saturated carbocycles. The average molecular weight is 548 g/mol. The van der Waals surface area contributed by atoms with Gasteiger partial charge in [0.25, 0.3) is 34.5 Å². The Bertz CT molecular complexity index is 1800. The summed E-state index contributed by atoms with van der Waals surface area (Å²) in [6.07, 6.45) is 1.91. The predicted molar refractivity (Wildman–Crippen MR) is 139 cm³/mol. The van der Waals surface area contributed by atoms with E-state index < -0.39 is 45.1 Å². The smallest absolute Gasteiger partial charge is 0.322 e. The molecule has 2 heterocycles. The molecule has 4 rings (SSSR count). The number of hydrogen-bond acceptors (Lipinski definition) is 9. The molecule has 0 aliphatic heterocycles. The molecule has 3 amide bonds. The Morgan fingerprint density at radius 1 is 0.650 bits per heavy atom. The molecule has 0 aliphatic rings. The van der Waals surface area contributed by atoms with Gasteiger partial charge in [-0.25, -0.2) is 9.59 Å². The molecule has 0 radical (unpaired) electrons. The molecule has 0 spiro atoms. The number of amides is 3. The number of aromatic nitrogens is 4. The first-order chi connectivity index (χ1) is 19.0. The fraction of sp³-hybridized carbons (Fsp3) is 0. The minimum atomic E-state index is -0.917. The molecule has 2 aromatic carbocycles. The number of non-ortho nitro benzene ring substituents is 1. The fourth-order valence-electron chi connectivity index (χ4n) is 3.29. The third kappa shape index (κ3) is 6.11. The van der Waals surface area contributed by atoms with Crippen LogP contribution in [0.4, 0.5) is 22.7 Å². The first-order valence-corrected chi connectivity index (χ1v) is 11.0. The molecule has 2 aromatic heterocycles. The monoisotopic (exact) mass is 548 g/mol. The van der Waals surface area contributed by atoms with Gasteiger partial charge in [0.05, 0.1) is 4.92 Å². The van der Waals surface area contributed by atoms with Gasteiger partial charge in [0, 0.05) is 46.9 Å². The van der Waals surface area contributed by atoms with Crippen LogP contribution in [0.25, 0.3) is 0 Å². The summed E-state index contributed by atoms with van der Waals surface area (Å²) in [7, 11) is 0. The van der Waals surface area contributed by atoms with E-state index in [0.717, 1.165) is 30.6 Å². The van der Waals surface area contributed by atoms with Crippen molar-refractivity contribution in [3.05, 3.63) is 123 Å². The number of benzene rings is 2. The van der Waals surface area contributed by atoms with Gasteiger partial charge in [-0.1, -0.05) is 0 Å². The summed E-state index contributed by atoms with van der Waals surface area (Å²) >= 11 is 0.